The van der Waals surface area contributed by atoms with E-state index in [0.29, 0.717) is 17.5 Å². The van der Waals surface area contributed by atoms with Gasteiger partial charge in [0.15, 0.2) is 17.5 Å². The molecule has 9 rings (SSSR count). The molecule has 2 heterocycles. The summed E-state index contributed by atoms with van der Waals surface area (Å²) < 4.78 is 6.48. The highest BCUT2D eigenvalue weighted by Crippen LogP contribution is 2.37. The van der Waals surface area contributed by atoms with E-state index in [1.165, 1.54) is 10.9 Å². The normalized spacial score (nSPS) is 11.4. The first kappa shape index (κ1) is 27.0. The van der Waals surface area contributed by atoms with Crippen LogP contribution in [0, 0.1) is 0 Å². The van der Waals surface area contributed by atoms with Crippen molar-refractivity contribution in [2.24, 2.45) is 0 Å². The zero-order valence-corrected chi connectivity index (χ0v) is 25.3. The van der Waals surface area contributed by atoms with Gasteiger partial charge in [0, 0.05) is 32.8 Å². The molecule has 0 unspecified atom stereocenters. The number of nitrogens with zero attached hydrogens (tertiary/aromatic N) is 3. The minimum absolute atomic E-state index is 0.624. The lowest BCUT2D eigenvalue weighted by Crippen LogP contribution is -2.00. The van der Waals surface area contributed by atoms with Crippen LogP contribution >= 0.6 is 0 Å². The van der Waals surface area contributed by atoms with Crippen molar-refractivity contribution in [1.29, 1.82) is 0 Å². The molecule has 0 saturated heterocycles. The summed E-state index contributed by atoms with van der Waals surface area (Å²) in [7, 11) is 0. The molecule has 7 aromatic carbocycles. The molecule has 0 amide bonds. The molecule has 0 atom stereocenters. The van der Waals surface area contributed by atoms with E-state index in [1.54, 1.807) is 0 Å². The average molecular weight is 602 g/mol. The minimum atomic E-state index is 0.624. The summed E-state index contributed by atoms with van der Waals surface area (Å²) in [6.07, 6.45) is 0. The van der Waals surface area contributed by atoms with Gasteiger partial charge >= 0.3 is 0 Å². The van der Waals surface area contributed by atoms with Crippen molar-refractivity contribution in [3.8, 4) is 56.4 Å². The minimum Gasteiger partial charge on any atom is -0.455 e. The number of aromatic nitrogens is 3. The van der Waals surface area contributed by atoms with Crippen LogP contribution in [0.2, 0.25) is 0 Å². The lowest BCUT2D eigenvalue weighted by Gasteiger charge is -2.10. The van der Waals surface area contributed by atoms with Gasteiger partial charge in [-0.15, -0.1) is 0 Å². The van der Waals surface area contributed by atoms with Gasteiger partial charge in [-0.25, -0.2) is 15.0 Å². The van der Waals surface area contributed by atoms with E-state index in [4.69, 9.17) is 19.4 Å². The van der Waals surface area contributed by atoms with Gasteiger partial charge in [-0.3, -0.25) is 0 Å². The molecular formula is C43H27N3O. The topological polar surface area (TPSA) is 51.8 Å². The summed E-state index contributed by atoms with van der Waals surface area (Å²) in [4.78, 5) is 14.9. The van der Waals surface area contributed by atoms with E-state index in [1.807, 2.05) is 36.4 Å². The molecule has 0 aliphatic heterocycles. The summed E-state index contributed by atoms with van der Waals surface area (Å²) in [5, 5.41) is 4.53. The van der Waals surface area contributed by atoms with E-state index < -0.39 is 0 Å². The van der Waals surface area contributed by atoms with Gasteiger partial charge in [0.2, 0.25) is 0 Å². The Labute approximate surface area is 271 Å². The van der Waals surface area contributed by atoms with E-state index in [9.17, 15) is 0 Å². The Morgan fingerprint density at radius 1 is 0.319 bits per heavy atom. The Morgan fingerprint density at radius 3 is 1.60 bits per heavy atom. The summed E-state index contributed by atoms with van der Waals surface area (Å²) >= 11 is 0. The average Bonchev–Trinajstić information content (AvgIpc) is 3.54. The van der Waals surface area contributed by atoms with Crippen LogP contribution < -0.4 is 0 Å². The van der Waals surface area contributed by atoms with Gasteiger partial charge in [0.05, 0.1) is 0 Å². The second-order valence-corrected chi connectivity index (χ2v) is 11.7. The highest BCUT2D eigenvalue weighted by Gasteiger charge is 2.15. The quantitative estimate of drug-likeness (QED) is 0.197. The second kappa shape index (κ2) is 11.2. The van der Waals surface area contributed by atoms with Gasteiger partial charge in [0.25, 0.3) is 0 Å². The molecule has 0 aliphatic carbocycles. The van der Waals surface area contributed by atoms with E-state index >= 15 is 0 Å². The van der Waals surface area contributed by atoms with Crippen LogP contribution in [0.25, 0.3) is 89.1 Å². The van der Waals surface area contributed by atoms with Gasteiger partial charge in [-0.1, -0.05) is 140 Å². The van der Waals surface area contributed by atoms with Crippen molar-refractivity contribution in [3.63, 3.8) is 0 Å². The van der Waals surface area contributed by atoms with Crippen molar-refractivity contribution in [1.82, 2.24) is 15.0 Å². The smallest absolute Gasteiger partial charge is 0.164 e. The van der Waals surface area contributed by atoms with Crippen molar-refractivity contribution in [3.05, 3.63) is 164 Å². The lowest BCUT2D eigenvalue weighted by molar-refractivity contribution is 0.673. The third-order valence-corrected chi connectivity index (χ3v) is 8.74. The largest absolute Gasteiger partial charge is 0.455 e. The Balaban J connectivity index is 1.13. The molecule has 0 spiro atoms. The van der Waals surface area contributed by atoms with Gasteiger partial charge in [0.1, 0.15) is 11.2 Å². The zero-order valence-electron chi connectivity index (χ0n) is 25.3. The van der Waals surface area contributed by atoms with Gasteiger partial charge in [-0.05, 0) is 51.9 Å². The fraction of sp³-hybridized carbons (Fsp3) is 0. The molecule has 0 aliphatic rings. The molecule has 0 bridgehead atoms. The van der Waals surface area contributed by atoms with Gasteiger partial charge < -0.3 is 4.42 Å². The monoisotopic (exact) mass is 601 g/mol. The fourth-order valence-corrected chi connectivity index (χ4v) is 6.31. The predicted molar refractivity (Wildman–Crippen MR) is 192 cm³/mol. The SMILES string of the molecule is c1ccc(-c2ccc(-c3nc(-c4ccccc4)nc(-c4cccc(-c5ccc6c(c5)oc5c7ccccc7ccc65)c4)n3)cc2)cc1. The molecular weight excluding hydrogens is 574 g/mol. The highest BCUT2D eigenvalue weighted by atomic mass is 16.3. The Kier molecular flexibility index (Phi) is 6.43. The van der Waals surface area contributed by atoms with Gasteiger partial charge in [-0.2, -0.15) is 0 Å². The number of fused-ring (bicyclic) bond motifs is 5. The number of furan rings is 1. The van der Waals surface area contributed by atoms with Crippen molar-refractivity contribution < 1.29 is 4.42 Å². The molecule has 4 nitrogen and oxygen atoms in total. The first-order valence-corrected chi connectivity index (χ1v) is 15.7. The maximum absolute atomic E-state index is 6.48. The zero-order chi connectivity index (χ0) is 31.2. The molecule has 0 fully saturated rings. The Hall–Kier alpha value is -6.39. The van der Waals surface area contributed by atoms with Crippen molar-refractivity contribution in [2.75, 3.05) is 0 Å². The number of hydrogen-bond donors (Lipinski definition) is 0. The highest BCUT2D eigenvalue weighted by molar-refractivity contribution is 6.15. The summed E-state index contributed by atoms with van der Waals surface area (Å²) in [5.41, 5.74) is 9.03. The molecule has 0 saturated carbocycles. The summed E-state index contributed by atoms with van der Waals surface area (Å²) in [5.74, 6) is 1.90. The van der Waals surface area contributed by atoms with Crippen molar-refractivity contribution >= 4 is 32.7 Å². The molecule has 4 heteroatoms. The number of rotatable bonds is 5. The van der Waals surface area contributed by atoms with Crippen LogP contribution in [-0.2, 0) is 0 Å². The van der Waals surface area contributed by atoms with Crippen LogP contribution in [0.5, 0.6) is 0 Å². The predicted octanol–water partition coefficient (Wildman–Crippen LogP) is 11.3. The van der Waals surface area contributed by atoms with Crippen LogP contribution in [0.1, 0.15) is 0 Å². The molecule has 220 valence electrons. The first-order chi connectivity index (χ1) is 23.3. The standard InChI is InChI=1S/C43H27N3O/c1-3-10-28(11-4-1)29-18-20-32(21-19-29)42-44-41(31-13-5-2-6-14-31)45-43(46-42)35-16-9-15-33(26-35)34-23-24-37-38-25-22-30-12-7-8-17-36(30)40(38)47-39(37)27-34/h1-27H. The molecule has 9 aromatic rings. The van der Waals surface area contributed by atoms with E-state index in [2.05, 4.69) is 127 Å². The van der Waals surface area contributed by atoms with Crippen molar-refractivity contribution in [2.45, 2.75) is 0 Å². The fourth-order valence-electron chi connectivity index (χ4n) is 6.31. The molecule has 2 aromatic heterocycles. The van der Waals surface area contributed by atoms with E-state index in [-0.39, 0.29) is 0 Å². The summed E-state index contributed by atoms with van der Waals surface area (Å²) in [6.45, 7) is 0. The molecule has 0 N–H and O–H groups in total. The first-order valence-electron chi connectivity index (χ1n) is 15.7. The van der Waals surface area contributed by atoms with Crippen LogP contribution in [0.15, 0.2) is 168 Å². The number of hydrogen-bond acceptors (Lipinski definition) is 4. The Bertz CT molecular complexity index is 2550. The summed E-state index contributed by atoms with van der Waals surface area (Å²) in [6, 6.07) is 56.3. The Morgan fingerprint density at radius 2 is 0.830 bits per heavy atom. The van der Waals surface area contributed by atoms with Crippen LogP contribution in [-0.4, -0.2) is 15.0 Å². The second-order valence-electron chi connectivity index (χ2n) is 11.7. The molecule has 47 heavy (non-hydrogen) atoms. The van der Waals surface area contributed by atoms with Crippen LogP contribution in [0.3, 0.4) is 0 Å². The maximum Gasteiger partial charge on any atom is 0.164 e. The number of benzene rings is 7. The lowest BCUT2D eigenvalue weighted by atomic mass is 10.0. The van der Waals surface area contributed by atoms with Crippen LogP contribution in [0.4, 0.5) is 0 Å². The third kappa shape index (κ3) is 4.93. The molecule has 0 radical (unpaired) electrons. The van der Waals surface area contributed by atoms with E-state index in [0.717, 1.165) is 60.7 Å². The maximum atomic E-state index is 6.48. The third-order valence-electron chi connectivity index (χ3n) is 8.74.